The quantitative estimate of drug-likeness (QED) is 0.821. The van der Waals surface area contributed by atoms with Gasteiger partial charge in [0, 0.05) is 16.8 Å². The summed E-state index contributed by atoms with van der Waals surface area (Å²) in [6.07, 6.45) is 4.57. The molecular formula is C10H6Cl4N3-. The Morgan fingerprint density at radius 1 is 1.29 bits per heavy atom. The third-order valence-corrected chi connectivity index (χ3v) is 2.72. The van der Waals surface area contributed by atoms with E-state index >= 15 is 0 Å². The first-order valence-corrected chi connectivity index (χ1v) is 5.47. The molecule has 3 nitrogen and oxygen atoms in total. The minimum Gasteiger partial charge on any atom is -1.00 e. The third kappa shape index (κ3) is 3.61. The fourth-order valence-corrected chi connectivity index (χ4v) is 1.98. The Bertz CT molecular complexity index is 522. The lowest BCUT2D eigenvalue weighted by Gasteiger charge is -2.03. The van der Waals surface area contributed by atoms with Crippen molar-refractivity contribution in [1.82, 2.24) is 14.8 Å². The first-order valence-electron chi connectivity index (χ1n) is 4.33. The van der Waals surface area contributed by atoms with Crippen LogP contribution in [0.3, 0.4) is 0 Å². The molecule has 0 fully saturated rings. The van der Waals surface area contributed by atoms with Gasteiger partial charge in [-0.15, -0.1) is 0 Å². The van der Waals surface area contributed by atoms with Crippen LogP contribution in [0.4, 0.5) is 0 Å². The van der Waals surface area contributed by atoms with Gasteiger partial charge < -0.3 is 12.4 Å². The molecule has 0 spiro atoms. The van der Waals surface area contributed by atoms with E-state index in [-0.39, 0.29) is 12.4 Å². The van der Waals surface area contributed by atoms with Crippen molar-refractivity contribution in [2.45, 2.75) is 0 Å². The van der Waals surface area contributed by atoms with Crippen molar-refractivity contribution in [3.05, 3.63) is 46.5 Å². The number of hydrogen-bond acceptors (Lipinski definition) is 2. The Balaban J connectivity index is 0.00000144. The van der Waals surface area contributed by atoms with Crippen molar-refractivity contribution in [3.8, 4) is 0 Å². The van der Waals surface area contributed by atoms with Crippen LogP contribution in [0, 0.1) is 0 Å². The van der Waals surface area contributed by atoms with E-state index in [1.807, 2.05) is 0 Å². The van der Waals surface area contributed by atoms with E-state index in [2.05, 4.69) is 10.1 Å². The predicted octanol–water partition coefficient (Wildman–Crippen LogP) is 0.783. The van der Waals surface area contributed by atoms with Crippen LogP contribution >= 0.6 is 34.8 Å². The molecule has 7 heteroatoms. The van der Waals surface area contributed by atoms with Crippen LogP contribution in [0.2, 0.25) is 10.0 Å². The topological polar surface area (TPSA) is 30.7 Å². The van der Waals surface area contributed by atoms with E-state index in [0.717, 1.165) is 0 Å². The summed E-state index contributed by atoms with van der Waals surface area (Å²) in [6.45, 7) is 0. The fraction of sp³-hybridized carbons (Fsp3) is 0. The summed E-state index contributed by atoms with van der Waals surface area (Å²) in [5, 5.41) is 5.43. The maximum absolute atomic E-state index is 6.10. The highest BCUT2D eigenvalue weighted by atomic mass is 35.5. The average Bonchev–Trinajstić information content (AvgIpc) is 2.70. The van der Waals surface area contributed by atoms with Crippen LogP contribution in [-0.4, -0.2) is 14.8 Å². The summed E-state index contributed by atoms with van der Waals surface area (Å²) in [5.74, 6) is 0. The second-order valence-electron chi connectivity index (χ2n) is 2.98. The molecule has 1 aromatic heterocycles. The van der Waals surface area contributed by atoms with Gasteiger partial charge in [-0.05, 0) is 12.1 Å². The van der Waals surface area contributed by atoms with Gasteiger partial charge in [0.05, 0.1) is 10.1 Å². The maximum Gasteiger partial charge on any atom is 0.138 e. The van der Waals surface area contributed by atoms with E-state index in [1.54, 1.807) is 24.4 Å². The summed E-state index contributed by atoms with van der Waals surface area (Å²) in [4.78, 5) is 3.80. The van der Waals surface area contributed by atoms with Gasteiger partial charge in [-0.1, -0.05) is 40.9 Å². The number of halogens is 4. The average molecular weight is 310 g/mol. The lowest BCUT2D eigenvalue weighted by atomic mass is 10.2. The van der Waals surface area contributed by atoms with Crippen molar-refractivity contribution in [2.75, 3.05) is 0 Å². The maximum atomic E-state index is 6.10. The van der Waals surface area contributed by atoms with Gasteiger partial charge in [0.1, 0.15) is 12.7 Å². The summed E-state index contributed by atoms with van der Waals surface area (Å²) < 4.78 is 1.49. The monoisotopic (exact) mass is 308 g/mol. The number of hydrogen-bond donors (Lipinski definition) is 0. The van der Waals surface area contributed by atoms with Gasteiger partial charge in [0.2, 0.25) is 0 Å². The van der Waals surface area contributed by atoms with E-state index in [1.165, 1.54) is 17.3 Å². The van der Waals surface area contributed by atoms with Gasteiger partial charge in [-0.3, -0.25) is 0 Å². The van der Waals surface area contributed by atoms with Crippen LogP contribution in [0.1, 0.15) is 5.56 Å². The highest BCUT2D eigenvalue weighted by molar-refractivity contribution is 6.52. The molecule has 0 radical (unpaired) electrons. The number of nitrogens with zero attached hydrogens (tertiary/aromatic N) is 3. The third-order valence-electron chi connectivity index (χ3n) is 1.87. The number of rotatable bonds is 2. The lowest BCUT2D eigenvalue weighted by Crippen LogP contribution is -3.00. The summed E-state index contributed by atoms with van der Waals surface area (Å²) >= 11 is 17.9. The van der Waals surface area contributed by atoms with E-state index in [4.69, 9.17) is 34.8 Å². The Hall–Kier alpha value is -0.740. The number of benzene rings is 1. The molecule has 0 unspecified atom stereocenters. The summed E-state index contributed by atoms with van der Waals surface area (Å²) in [7, 11) is 0. The highest BCUT2D eigenvalue weighted by Crippen LogP contribution is 2.29. The Kier molecular flexibility index (Phi) is 5.28. The smallest absolute Gasteiger partial charge is 0.138 e. The molecule has 1 heterocycles. The van der Waals surface area contributed by atoms with Crippen LogP contribution in [0.5, 0.6) is 0 Å². The second-order valence-corrected chi connectivity index (χ2v) is 4.23. The zero-order chi connectivity index (χ0) is 11.5. The van der Waals surface area contributed by atoms with Crippen molar-refractivity contribution in [2.24, 2.45) is 0 Å². The van der Waals surface area contributed by atoms with E-state index in [0.29, 0.717) is 20.6 Å². The van der Waals surface area contributed by atoms with E-state index < -0.39 is 0 Å². The zero-order valence-corrected chi connectivity index (χ0v) is 11.3. The fourth-order valence-electron chi connectivity index (χ4n) is 1.15. The molecule has 0 atom stereocenters. The summed E-state index contributed by atoms with van der Waals surface area (Å²) in [5.41, 5.74) is 0.697. The largest absolute Gasteiger partial charge is 1.00 e. The molecule has 0 saturated heterocycles. The van der Waals surface area contributed by atoms with Gasteiger partial charge in [-0.2, -0.15) is 5.10 Å². The standard InChI is InChI=1S/C10H6Cl3N3.ClH/c11-7-1-2-8(9(12)3-7)10(13)4-16-6-14-5-15-16;/h1-6H;1H/p-1. The van der Waals surface area contributed by atoms with Crippen LogP contribution in [0.15, 0.2) is 30.9 Å². The van der Waals surface area contributed by atoms with Crippen LogP contribution in [0.25, 0.3) is 11.2 Å². The van der Waals surface area contributed by atoms with Crippen molar-refractivity contribution in [1.29, 1.82) is 0 Å². The van der Waals surface area contributed by atoms with Crippen LogP contribution < -0.4 is 12.4 Å². The highest BCUT2D eigenvalue weighted by Gasteiger charge is 2.05. The molecule has 2 rings (SSSR count). The Morgan fingerprint density at radius 3 is 2.65 bits per heavy atom. The molecule has 1 aromatic carbocycles. The number of aromatic nitrogens is 3. The molecule has 0 N–H and O–H groups in total. The Morgan fingerprint density at radius 2 is 2.06 bits per heavy atom. The first-order chi connectivity index (χ1) is 7.66. The molecule has 0 aliphatic heterocycles. The molecule has 17 heavy (non-hydrogen) atoms. The molecule has 0 amide bonds. The predicted molar refractivity (Wildman–Crippen MR) is 66.5 cm³/mol. The SMILES string of the molecule is ClC(=Cn1cncn1)c1ccc(Cl)cc1Cl.[Cl-]. The first kappa shape index (κ1) is 14.3. The molecule has 0 bridgehead atoms. The van der Waals surface area contributed by atoms with Gasteiger partial charge in [0.15, 0.2) is 0 Å². The zero-order valence-electron chi connectivity index (χ0n) is 8.32. The van der Waals surface area contributed by atoms with Gasteiger partial charge >= 0.3 is 0 Å². The molecule has 90 valence electrons. The minimum atomic E-state index is 0. The minimum absolute atomic E-state index is 0. The van der Waals surface area contributed by atoms with Gasteiger partial charge in [-0.25, -0.2) is 9.67 Å². The van der Waals surface area contributed by atoms with Crippen molar-refractivity contribution < 1.29 is 12.4 Å². The Labute approximate surface area is 119 Å². The summed E-state index contributed by atoms with van der Waals surface area (Å²) in [6, 6.07) is 5.11. The van der Waals surface area contributed by atoms with Crippen LogP contribution in [-0.2, 0) is 0 Å². The molecule has 0 saturated carbocycles. The van der Waals surface area contributed by atoms with Crippen molar-refractivity contribution in [3.63, 3.8) is 0 Å². The normalized spacial score (nSPS) is 11.1. The molecular weight excluding hydrogens is 304 g/mol. The molecule has 0 aliphatic rings. The molecule has 2 aromatic rings. The van der Waals surface area contributed by atoms with E-state index in [9.17, 15) is 0 Å². The second kappa shape index (κ2) is 6.26. The van der Waals surface area contributed by atoms with Gasteiger partial charge in [0.25, 0.3) is 0 Å². The lowest BCUT2D eigenvalue weighted by molar-refractivity contribution is -0.00000300. The molecule has 0 aliphatic carbocycles. The van der Waals surface area contributed by atoms with Crippen molar-refractivity contribution >= 4 is 46.0 Å².